The number of nitrogens with zero attached hydrogens (tertiary/aromatic N) is 2. The Morgan fingerprint density at radius 3 is 2.54 bits per heavy atom. The zero-order valence-corrected chi connectivity index (χ0v) is 25.7. The van der Waals surface area contributed by atoms with E-state index in [4.69, 9.17) is 47.5 Å². The molecule has 2 rings (SSSR count). The molecule has 17 heteroatoms. The van der Waals surface area contributed by atoms with E-state index in [-0.39, 0.29) is 23.3 Å². The number of carbonyl (C=O) groups excluding carboxylic acids is 2. The molecule has 0 amide bonds. The van der Waals surface area contributed by atoms with Gasteiger partial charge < -0.3 is 20.3 Å². The molecule has 0 bridgehead atoms. The van der Waals surface area contributed by atoms with Gasteiger partial charge in [-0.2, -0.15) is 4.98 Å². The fourth-order valence-corrected chi connectivity index (χ4v) is 6.11. The lowest BCUT2D eigenvalue weighted by Gasteiger charge is -2.25. The zero-order chi connectivity index (χ0) is 29.8. The quantitative estimate of drug-likeness (QED) is 0.132. The van der Waals surface area contributed by atoms with Gasteiger partial charge in [-0.15, -0.1) is 0 Å². The second-order valence-electron chi connectivity index (χ2n) is 10.0. The lowest BCUT2D eigenvalue weighted by atomic mass is 10.00. The molecule has 1 aromatic heterocycles. The van der Waals surface area contributed by atoms with Gasteiger partial charge in [-0.1, -0.05) is 55.7 Å². The Kier molecular flexibility index (Phi) is 11.9. The van der Waals surface area contributed by atoms with Gasteiger partial charge in [-0.05, 0) is 26.8 Å². The molecule has 2 heterocycles. The Balaban J connectivity index is 2.16. The highest BCUT2D eigenvalue weighted by atomic mass is 35.5. The summed E-state index contributed by atoms with van der Waals surface area (Å²) in [5, 5.41) is 13.1. The molecule has 1 fully saturated rings. The fourth-order valence-electron chi connectivity index (χ4n) is 3.13. The first kappa shape index (κ1) is 34.0. The van der Waals surface area contributed by atoms with Gasteiger partial charge in [-0.25, -0.2) is 14.4 Å². The summed E-state index contributed by atoms with van der Waals surface area (Å²) in [5.74, 6) is -0.594. The number of hydrogen-bond acceptors (Lipinski definition) is 12. The van der Waals surface area contributed by atoms with Crippen molar-refractivity contribution >= 4 is 59.6 Å². The number of hydrogen-bond donors (Lipinski definition) is 3. The minimum atomic E-state index is -4.25. The number of nitrogens with two attached hydrogens (primary N) is 1. The fraction of sp³-hybridized carbons (Fsp3) is 0.727. The van der Waals surface area contributed by atoms with Gasteiger partial charge in [0.25, 0.3) is 0 Å². The maximum Gasteiger partial charge on any atom is 0.406 e. The van der Waals surface area contributed by atoms with Crippen LogP contribution >= 0.6 is 42.7 Å². The maximum atomic E-state index is 13.6. The Labute approximate surface area is 241 Å². The third kappa shape index (κ3) is 9.40. The predicted octanol–water partition coefficient (Wildman–Crippen LogP) is 2.63. The molecule has 0 spiro atoms. The van der Waals surface area contributed by atoms with Gasteiger partial charge in [-0.3, -0.25) is 23.2 Å². The summed E-state index contributed by atoms with van der Waals surface area (Å²) in [6, 6.07) is 0.209. The maximum absolute atomic E-state index is 13.6. The topological polar surface area (TPSA) is 181 Å². The average molecular weight is 633 g/mol. The van der Waals surface area contributed by atoms with Crippen LogP contribution in [-0.2, 0) is 32.7 Å². The van der Waals surface area contributed by atoms with Crippen molar-refractivity contribution in [3.8, 4) is 0 Å². The Bertz CT molecular complexity index is 1130. The summed E-state index contributed by atoms with van der Waals surface area (Å²) in [6.07, 6.45) is -3.44. The summed E-state index contributed by atoms with van der Waals surface area (Å²) in [7, 11) is -4.25. The molecule has 0 aromatic carbocycles. The number of rotatable bonds is 12. The van der Waals surface area contributed by atoms with Crippen molar-refractivity contribution in [3.05, 3.63) is 22.7 Å². The van der Waals surface area contributed by atoms with E-state index in [1.54, 1.807) is 34.6 Å². The summed E-state index contributed by atoms with van der Waals surface area (Å²) in [4.78, 5) is 40.3. The number of halogens is 2. The van der Waals surface area contributed by atoms with Crippen LogP contribution in [0.5, 0.6) is 0 Å². The van der Waals surface area contributed by atoms with Crippen LogP contribution in [0.2, 0.25) is 0 Å². The lowest BCUT2D eigenvalue weighted by Crippen LogP contribution is -2.40. The second-order valence-corrected chi connectivity index (χ2v) is 14.3. The van der Waals surface area contributed by atoms with E-state index in [1.165, 1.54) is 19.2 Å². The van der Waals surface area contributed by atoms with Crippen molar-refractivity contribution in [2.45, 2.75) is 76.5 Å². The van der Waals surface area contributed by atoms with E-state index >= 15 is 0 Å². The number of anilines is 1. The van der Waals surface area contributed by atoms with Gasteiger partial charge in [0.2, 0.25) is 0 Å². The number of aromatic nitrogens is 2. The molecule has 0 aliphatic carbocycles. The van der Waals surface area contributed by atoms with Crippen LogP contribution in [0.15, 0.2) is 17.1 Å². The molecule has 1 saturated heterocycles. The van der Waals surface area contributed by atoms with Gasteiger partial charge >= 0.3 is 19.4 Å². The van der Waals surface area contributed by atoms with Gasteiger partial charge in [0.05, 0.1) is 19.3 Å². The van der Waals surface area contributed by atoms with Gasteiger partial charge in [0.15, 0.2) is 15.7 Å². The first-order valence-electron chi connectivity index (χ1n) is 12.0. The molecule has 1 aliphatic rings. The normalized spacial score (nSPS) is 23.4. The highest BCUT2D eigenvalue weighted by Crippen LogP contribution is 2.49. The molecule has 5 atom stereocenters. The van der Waals surface area contributed by atoms with Gasteiger partial charge in [0, 0.05) is 17.4 Å². The van der Waals surface area contributed by atoms with Crippen molar-refractivity contribution in [2.24, 2.45) is 5.41 Å². The van der Waals surface area contributed by atoms with Crippen LogP contribution in [0, 0.1) is 5.41 Å². The van der Waals surface area contributed by atoms with Crippen molar-refractivity contribution in [1.82, 2.24) is 14.6 Å². The molecule has 0 saturated carbocycles. The summed E-state index contributed by atoms with van der Waals surface area (Å²) in [5.41, 5.74) is 4.11. The van der Waals surface area contributed by atoms with Crippen LogP contribution in [0.3, 0.4) is 0 Å². The molecule has 4 N–H and O–H groups in total. The minimum Gasteiger partial charge on any atom is -0.462 e. The number of nitrogens with one attached hydrogen (secondary N) is 1. The van der Waals surface area contributed by atoms with Gasteiger partial charge in [0.1, 0.15) is 24.1 Å². The van der Waals surface area contributed by atoms with Crippen molar-refractivity contribution < 1.29 is 37.8 Å². The third-order valence-electron chi connectivity index (χ3n) is 5.14. The van der Waals surface area contributed by atoms with E-state index in [0.29, 0.717) is 0 Å². The number of thioether (sulfide) groups is 1. The van der Waals surface area contributed by atoms with Crippen molar-refractivity contribution in [3.63, 3.8) is 0 Å². The number of esters is 1. The summed E-state index contributed by atoms with van der Waals surface area (Å²) >= 11 is 13.6. The molecular formula is C22H35Cl2N4O9PS. The Hall–Kier alpha value is -1.22. The number of aliphatic hydroxyl groups is 1. The zero-order valence-electron chi connectivity index (χ0n) is 22.5. The summed E-state index contributed by atoms with van der Waals surface area (Å²) < 4.78 is 34.3. The van der Waals surface area contributed by atoms with E-state index in [2.05, 4.69) is 10.1 Å². The van der Waals surface area contributed by atoms with Crippen LogP contribution < -0.4 is 16.5 Å². The number of carbonyl (C=O) groups is 2. The molecule has 39 heavy (non-hydrogen) atoms. The summed E-state index contributed by atoms with van der Waals surface area (Å²) in [6.45, 7) is 9.27. The molecule has 1 aromatic rings. The number of ether oxygens (including phenoxy) is 2. The molecular weight excluding hydrogens is 598 g/mol. The first-order chi connectivity index (χ1) is 17.9. The molecule has 13 nitrogen and oxygen atoms in total. The number of aliphatic hydroxyl groups excluding tert-OH is 1. The molecule has 0 unspecified atom stereocenters. The Morgan fingerprint density at radius 1 is 1.33 bits per heavy atom. The molecule has 222 valence electrons. The lowest BCUT2D eigenvalue weighted by molar-refractivity contribution is -0.149. The Morgan fingerprint density at radius 2 is 1.97 bits per heavy atom. The highest BCUT2D eigenvalue weighted by molar-refractivity contribution is 8.13. The van der Waals surface area contributed by atoms with Crippen molar-refractivity contribution in [2.75, 3.05) is 24.7 Å². The van der Waals surface area contributed by atoms with E-state index in [0.717, 1.165) is 16.3 Å². The van der Waals surface area contributed by atoms with E-state index < -0.39 is 66.3 Å². The molecule has 1 aliphatic heterocycles. The van der Waals surface area contributed by atoms with Crippen LogP contribution in [0.1, 0.15) is 47.8 Å². The average Bonchev–Trinajstić information content (AvgIpc) is 3.03. The van der Waals surface area contributed by atoms with Crippen LogP contribution in [-0.4, -0.2) is 73.4 Å². The van der Waals surface area contributed by atoms with E-state index in [9.17, 15) is 24.1 Å². The largest absolute Gasteiger partial charge is 0.462 e. The highest BCUT2D eigenvalue weighted by Gasteiger charge is 2.56. The standard InChI is InChI=1S/C22H35Cl2N4O9PS/c1-12(2)36-17(30)13(3)27-38(33,34-9-10-39-19(31)21(4,5)6)35-11-14-16(29)22(23,24)18(37-14)28-8-7-15(25)26-20(28)32/h7-8,12-14,16,18,29H,9-11H2,1-6H3,(H,27,33)(H2,25,26,32)/t13-,14-,16-,18-,38+/m1/s1. The van der Waals surface area contributed by atoms with Crippen LogP contribution in [0.25, 0.3) is 0 Å². The number of nitrogen functional groups attached to an aromatic ring is 1. The smallest absolute Gasteiger partial charge is 0.406 e. The van der Waals surface area contributed by atoms with Crippen molar-refractivity contribution in [1.29, 1.82) is 0 Å². The number of alkyl halides is 2. The SMILES string of the molecule is CC(C)OC(=O)[C@@H](C)N[P@](=O)(OCCSC(=O)C(C)(C)C)OC[C@H]1O[C@@H](n2ccc(N)nc2=O)C(Cl)(Cl)[C@@H]1O. The molecule has 0 radical (unpaired) electrons. The van der Waals surface area contributed by atoms with Crippen LogP contribution in [0.4, 0.5) is 5.82 Å². The monoisotopic (exact) mass is 632 g/mol. The van der Waals surface area contributed by atoms with E-state index in [1.807, 2.05) is 0 Å². The third-order valence-corrected chi connectivity index (χ3v) is 8.92. The second kappa shape index (κ2) is 13.6. The first-order valence-corrected chi connectivity index (χ1v) is 15.3. The predicted molar refractivity (Wildman–Crippen MR) is 148 cm³/mol. The minimum absolute atomic E-state index is 0.0407.